The summed E-state index contributed by atoms with van der Waals surface area (Å²) in [5, 5.41) is 6.81. The van der Waals surface area contributed by atoms with Crippen molar-refractivity contribution in [3.8, 4) is 10.7 Å². The quantitative estimate of drug-likeness (QED) is 0.896. The summed E-state index contributed by atoms with van der Waals surface area (Å²) in [6.45, 7) is 3.18. The second kappa shape index (κ2) is 7.14. The van der Waals surface area contributed by atoms with E-state index >= 15 is 0 Å². The number of nitrogens with zero attached hydrogens (tertiary/aromatic N) is 2. The van der Waals surface area contributed by atoms with Crippen molar-refractivity contribution in [1.82, 2.24) is 15.3 Å². The van der Waals surface area contributed by atoms with Crippen LogP contribution in [0.25, 0.3) is 10.7 Å². The van der Waals surface area contributed by atoms with Crippen molar-refractivity contribution in [2.45, 2.75) is 51.6 Å². The van der Waals surface area contributed by atoms with Crippen LogP contribution in [0.5, 0.6) is 0 Å². The van der Waals surface area contributed by atoms with Crippen LogP contribution < -0.4 is 5.32 Å². The van der Waals surface area contributed by atoms with E-state index in [1.807, 2.05) is 24.4 Å². The van der Waals surface area contributed by atoms with Gasteiger partial charge in [-0.15, -0.1) is 11.3 Å². The topological polar surface area (TPSA) is 37.8 Å². The number of thiazole rings is 1. The van der Waals surface area contributed by atoms with E-state index < -0.39 is 0 Å². The van der Waals surface area contributed by atoms with E-state index in [-0.39, 0.29) is 0 Å². The van der Waals surface area contributed by atoms with Crippen LogP contribution in [0.3, 0.4) is 0 Å². The Bertz CT molecular complexity index is 546. The maximum Gasteiger partial charge on any atom is 0.142 e. The number of pyridine rings is 1. The standard InChI is InChI=1S/C17H23N3S/c1-13(14-7-3-2-4-8-14)19-11-15-12-21-17(20-15)16-9-5-6-10-18-16/h5-6,9-10,12-14,19H,2-4,7-8,11H2,1H3/t13-/m0/s1. The molecule has 0 amide bonds. The zero-order chi connectivity index (χ0) is 14.5. The molecule has 4 heteroatoms. The molecule has 1 atom stereocenters. The van der Waals surface area contributed by atoms with Crippen molar-refractivity contribution in [2.24, 2.45) is 5.92 Å². The lowest BCUT2D eigenvalue weighted by molar-refractivity contribution is 0.280. The van der Waals surface area contributed by atoms with Gasteiger partial charge in [0.2, 0.25) is 0 Å². The monoisotopic (exact) mass is 301 g/mol. The van der Waals surface area contributed by atoms with Gasteiger partial charge in [0, 0.05) is 24.2 Å². The minimum absolute atomic E-state index is 0.588. The van der Waals surface area contributed by atoms with Crippen LogP contribution in [0, 0.1) is 5.92 Å². The average molecular weight is 301 g/mol. The van der Waals surface area contributed by atoms with Crippen LogP contribution >= 0.6 is 11.3 Å². The third kappa shape index (κ3) is 3.89. The molecule has 0 aliphatic heterocycles. The van der Waals surface area contributed by atoms with Crippen LogP contribution in [-0.4, -0.2) is 16.0 Å². The normalized spacial score (nSPS) is 17.8. The molecule has 0 spiro atoms. The molecule has 0 unspecified atom stereocenters. The fourth-order valence-electron chi connectivity index (χ4n) is 3.06. The van der Waals surface area contributed by atoms with Crippen LogP contribution in [-0.2, 0) is 6.54 Å². The van der Waals surface area contributed by atoms with Gasteiger partial charge >= 0.3 is 0 Å². The van der Waals surface area contributed by atoms with E-state index in [0.717, 1.165) is 28.9 Å². The molecule has 1 aliphatic carbocycles. The van der Waals surface area contributed by atoms with Gasteiger partial charge in [0.15, 0.2) is 0 Å². The predicted octanol–water partition coefficient (Wildman–Crippen LogP) is 4.26. The van der Waals surface area contributed by atoms with Crippen molar-refractivity contribution in [2.75, 3.05) is 0 Å². The summed E-state index contributed by atoms with van der Waals surface area (Å²) in [7, 11) is 0. The van der Waals surface area contributed by atoms with Gasteiger partial charge in [-0.2, -0.15) is 0 Å². The Morgan fingerprint density at radius 1 is 1.29 bits per heavy atom. The van der Waals surface area contributed by atoms with Gasteiger partial charge in [-0.25, -0.2) is 4.98 Å². The van der Waals surface area contributed by atoms with Gasteiger partial charge in [-0.3, -0.25) is 4.98 Å². The highest BCUT2D eigenvalue weighted by Crippen LogP contribution is 2.27. The van der Waals surface area contributed by atoms with Gasteiger partial charge in [0.1, 0.15) is 5.01 Å². The van der Waals surface area contributed by atoms with E-state index in [1.54, 1.807) is 11.3 Å². The Kier molecular flexibility index (Phi) is 4.99. The summed E-state index contributed by atoms with van der Waals surface area (Å²) in [4.78, 5) is 9.05. The Hall–Kier alpha value is -1.26. The van der Waals surface area contributed by atoms with Crippen molar-refractivity contribution in [3.63, 3.8) is 0 Å². The van der Waals surface area contributed by atoms with Crippen LogP contribution in [0.4, 0.5) is 0 Å². The van der Waals surface area contributed by atoms with E-state index in [4.69, 9.17) is 4.98 Å². The fraction of sp³-hybridized carbons (Fsp3) is 0.529. The molecule has 2 aromatic heterocycles. The van der Waals surface area contributed by atoms with Crippen molar-refractivity contribution >= 4 is 11.3 Å². The van der Waals surface area contributed by atoms with Crippen molar-refractivity contribution in [1.29, 1.82) is 0 Å². The smallest absolute Gasteiger partial charge is 0.142 e. The lowest BCUT2D eigenvalue weighted by atomic mass is 9.84. The summed E-state index contributed by atoms with van der Waals surface area (Å²) in [5.41, 5.74) is 2.09. The third-order valence-corrected chi connectivity index (χ3v) is 5.31. The highest BCUT2D eigenvalue weighted by Gasteiger charge is 2.19. The number of nitrogens with one attached hydrogen (secondary N) is 1. The van der Waals surface area contributed by atoms with Gasteiger partial charge < -0.3 is 5.32 Å². The zero-order valence-corrected chi connectivity index (χ0v) is 13.4. The first-order valence-electron chi connectivity index (χ1n) is 7.92. The summed E-state index contributed by atoms with van der Waals surface area (Å²) in [6, 6.07) is 6.55. The van der Waals surface area contributed by atoms with Crippen molar-refractivity contribution in [3.05, 3.63) is 35.5 Å². The Labute approximate surface area is 130 Å². The number of hydrogen-bond acceptors (Lipinski definition) is 4. The van der Waals surface area contributed by atoms with E-state index in [9.17, 15) is 0 Å². The third-order valence-electron chi connectivity index (χ3n) is 4.40. The highest BCUT2D eigenvalue weighted by atomic mass is 32.1. The highest BCUT2D eigenvalue weighted by molar-refractivity contribution is 7.13. The first-order valence-corrected chi connectivity index (χ1v) is 8.80. The van der Waals surface area contributed by atoms with E-state index in [1.165, 1.54) is 32.1 Å². The first kappa shape index (κ1) is 14.7. The van der Waals surface area contributed by atoms with Crippen LogP contribution in [0.1, 0.15) is 44.7 Å². The summed E-state index contributed by atoms with van der Waals surface area (Å²) >= 11 is 1.68. The number of rotatable bonds is 5. The van der Waals surface area contributed by atoms with Gasteiger partial charge in [0.25, 0.3) is 0 Å². The van der Waals surface area contributed by atoms with Gasteiger partial charge in [-0.05, 0) is 37.8 Å². The molecule has 1 saturated carbocycles. The molecular weight excluding hydrogens is 278 g/mol. The summed E-state index contributed by atoms with van der Waals surface area (Å²) < 4.78 is 0. The number of hydrogen-bond donors (Lipinski definition) is 1. The second-order valence-electron chi connectivity index (χ2n) is 5.93. The Morgan fingerprint density at radius 2 is 2.14 bits per heavy atom. The predicted molar refractivity (Wildman–Crippen MR) is 88.2 cm³/mol. The minimum Gasteiger partial charge on any atom is -0.308 e. The SMILES string of the molecule is C[C@H](NCc1csc(-c2ccccn2)n1)C1CCCCC1. The van der Waals surface area contributed by atoms with Crippen LogP contribution in [0.2, 0.25) is 0 Å². The molecule has 0 bridgehead atoms. The molecule has 112 valence electrons. The lowest BCUT2D eigenvalue weighted by Crippen LogP contribution is -2.34. The molecule has 0 radical (unpaired) electrons. The van der Waals surface area contributed by atoms with E-state index in [0.29, 0.717) is 6.04 Å². The molecule has 0 aromatic carbocycles. The lowest BCUT2D eigenvalue weighted by Gasteiger charge is -2.28. The molecule has 1 fully saturated rings. The van der Waals surface area contributed by atoms with E-state index in [2.05, 4.69) is 22.6 Å². The molecule has 2 aromatic rings. The maximum absolute atomic E-state index is 4.69. The molecule has 3 nitrogen and oxygen atoms in total. The molecule has 1 aliphatic rings. The average Bonchev–Trinajstić information content (AvgIpc) is 3.03. The maximum atomic E-state index is 4.69. The summed E-state index contributed by atoms with van der Waals surface area (Å²) in [6.07, 6.45) is 8.80. The van der Waals surface area contributed by atoms with Gasteiger partial charge in [-0.1, -0.05) is 25.3 Å². The first-order chi connectivity index (χ1) is 10.3. The molecule has 1 N–H and O–H groups in total. The molecule has 3 rings (SSSR count). The second-order valence-corrected chi connectivity index (χ2v) is 6.78. The van der Waals surface area contributed by atoms with Crippen molar-refractivity contribution < 1.29 is 0 Å². The molecular formula is C17H23N3S. The molecule has 2 heterocycles. The Morgan fingerprint density at radius 3 is 2.90 bits per heavy atom. The van der Waals surface area contributed by atoms with Gasteiger partial charge in [0.05, 0.1) is 11.4 Å². The minimum atomic E-state index is 0.588. The number of aromatic nitrogens is 2. The van der Waals surface area contributed by atoms with Crippen LogP contribution in [0.15, 0.2) is 29.8 Å². The largest absolute Gasteiger partial charge is 0.308 e. The fourth-order valence-corrected chi connectivity index (χ4v) is 3.86. The molecule has 0 saturated heterocycles. The molecule has 21 heavy (non-hydrogen) atoms. The Balaban J connectivity index is 1.55. The zero-order valence-electron chi connectivity index (χ0n) is 12.6. The summed E-state index contributed by atoms with van der Waals surface area (Å²) in [5.74, 6) is 0.840.